The lowest BCUT2D eigenvalue weighted by molar-refractivity contribution is -0.113. The van der Waals surface area contributed by atoms with Crippen LogP contribution in [0.1, 0.15) is 33.6 Å². The zero-order chi connectivity index (χ0) is 11.9. The van der Waals surface area contributed by atoms with Crippen molar-refractivity contribution in [3.63, 3.8) is 0 Å². The minimum absolute atomic E-state index is 0.249. The number of alkyl carbamates (subject to hydrolysis) is 1. The first-order valence-electron chi connectivity index (χ1n) is 4.81. The molecule has 0 saturated carbocycles. The number of carbonyl (C=O) groups is 2. The topological polar surface area (TPSA) is 55.4 Å². The van der Waals surface area contributed by atoms with Crippen LogP contribution in [0.3, 0.4) is 0 Å². The van der Waals surface area contributed by atoms with Crippen LogP contribution in [0.4, 0.5) is 4.79 Å². The molecule has 0 spiro atoms. The van der Waals surface area contributed by atoms with Gasteiger partial charge in [0, 0.05) is 13.0 Å². The molecule has 4 heteroatoms. The first-order valence-corrected chi connectivity index (χ1v) is 4.81. The van der Waals surface area contributed by atoms with E-state index in [1.807, 2.05) is 5.92 Å². The normalized spacial score (nSPS) is 10.3. The van der Waals surface area contributed by atoms with Gasteiger partial charge >= 0.3 is 6.09 Å². The summed E-state index contributed by atoms with van der Waals surface area (Å²) in [5.74, 6) is 1.76. The largest absolute Gasteiger partial charge is 0.444 e. The van der Waals surface area contributed by atoms with Crippen molar-refractivity contribution in [2.45, 2.75) is 39.2 Å². The molecule has 1 N–H and O–H groups in total. The van der Waals surface area contributed by atoms with E-state index in [-0.39, 0.29) is 12.2 Å². The lowest BCUT2D eigenvalue weighted by atomic mass is 10.2. The number of carbonyl (C=O) groups excluding carboxylic acids is 2. The minimum Gasteiger partial charge on any atom is -0.444 e. The van der Waals surface area contributed by atoms with E-state index in [4.69, 9.17) is 11.2 Å². The van der Waals surface area contributed by atoms with Gasteiger partial charge in [-0.2, -0.15) is 0 Å². The van der Waals surface area contributed by atoms with E-state index in [0.29, 0.717) is 13.0 Å². The van der Waals surface area contributed by atoms with Crippen LogP contribution in [0.25, 0.3) is 0 Å². The number of nitrogens with one attached hydrogen (secondary N) is 1. The fourth-order valence-electron chi connectivity index (χ4n) is 0.826. The highest BCUT2D eigenvalue weighted by Crippen LogP contribution is 2.06. The van der Waals surface area contributed by atoms with Crippen LogP contribution in [0.15, 0.2) is 0 Å². The first-order chi connectivity index (χ1) is 6.85. The van der Waals surface area contributed by atoms with Crippen molar-refractivity contribution in [2.24, 2.45) is 0 Å². The number of hydrogen-bond acceptors (Lipinski definition) is 3. The number of Topliss-reactive ketones (excluding diaryl/α,β-unsaturated/α-hetero) is 1. The molecule has 0 aromatic rings. The summed E-state index contributed by atoms with van der Waals surface area (Å²) in [5.41, 5.74) is -0.501. The lowest BCUT2D eigenvalue weighted by Crippen LogP contribution is -2.33. The van der Waals surface area contributed by atoms with Gasteiger partial charge in [0.25, 0.3) is 0 Å². The Kier molecular flexibility index (Phi) is 5.46. The maximum Gasteiger partial charge on any atom is 0.407 e. The molecule has 0 atom stereocenters. The Morgan fingerprint density at radius 2 is 2.00 bits per heavy atom. The molecule has 1 amide bonds. The Bertz CT molecular complexity index is 271. The quantitative estimate of drug-likeness (QED) is 0.435. The van der Waals surface area contributed by atoms with Crippen molar-refractivity contribution in [1.29, 1.82) is 0 Å². The average Bonchev–Trinajstić information content (AvgIpc) is 2.09. The predicted octanol–water partition coefficient (Wildman–Crippen LogP) is 1.49. The SMILES string of the molecule is C#CC(=O)CCCNC(=O)OC(C)(C)C. The molecule has 0 radical (unpaired) electrons. The molecule has 0 unspecified atom stereocenters. The van der Waals surface area contributed by atoms with Gasteiger partial charge in [-0.3, -0.25) is 4.79 Å². The summed E-state index contributed by atoms with van der Waals surface area (Å²) in [6.07, 6.45) is 5.22. The second-order valence-corrected chi connectivity index (χ2v) is 4.10. The predicted molar refractivity (Wildman–Crippen MR) is 57.3 cm³/mol. The number of amides is 1. The van der Waals surface area contributed by atoms with Crippen LogP contribution in [0.5, 0.6) is 0 Å². The highest BCUT2D eigenvalue weighted by Gasteiger charge is 2.15. The molecule has 0 saturated heterocycles. The molecular formula is C11H17NO3. The number of ketones is 1. The first kappa shape index (κ1) is 13.5. The van der Waals surface area contributed by atoms with Crippen LogP contribution >= 0.6 is 0 Å². The molecular weight excluding hydrogens is 194 g/mol. The van der Waals surface area contributed by atoms with Crippen molar-refractivity contribution in [1.82, 2.24) is 5.32 Å². The van der Waals surface area contributed by atoms with Crippen LogP contribution in [0.2, 0.25) is 0 Å². The van der Waals surface area contributed by atoms with Crippen LogP contribution in [-0.4, -0.2) is 24.0 Å². The molecule has 0 aliphatic heterocycles. The van der Waals surface area contributed by atoms with E-state index in [2.05, 4.69) is 5.32 Å². The zero-order valence-corrected chi connectivity index (χ0v) is 9.42. The van der Waals surface area contributed by atoms with E-state index in [1.54, 1.807) is 20.8 Å². The summed E-state index contributed by atoms with van der Waals surface area (Å²) in [6, 6.07) is 0. The van der Waals surface area contributed by atoms with Gasteiger partial charge in [-0.05, 0) is 33.1 Å². The number of hydrogen-bond donors (Lipinski definition) is 1. The van der Waals surface area contributed by atoms with Gasteiger partial charge in [0.05, 0.1) is 0 Å². The highest BCUT2D eigenvalue weighted by atomic mass is 16.6. The van der Waals surface area contributed by atoms with Crippen molar-refractivity contribution < 1.29 is 14.3 Å². The Morgan fingerprint density at radius 1 is 1.40 bits per heavy atom. The second-order valence-electron chi connectivity index (χ2n) is 4.10. The molecule has 0 aliphatic rings. The number of terminal acetylenes is 1. The summed E-state index contributed by atoms with van der Waals surface area (Å²) >= 11 is 0. The third kappa shape index (κ3) is 8.82. The summed E-state index contributed by atoms with van der Waals surface area (Å²) < 4.78 is 5.00. The second kappa shape index (κ2) is 6.07. The van der Waals surface area contributed by atoms with Crippen molar-refractivity contribution in [3.05, 3.63) is 0 Å². The summed E-state index contributed by atoms with van der Waals surface area (Å²) in [6.45, 7) is 5.75. The third-order valence-electron chi connectivity index (χ3n) is 1.41. The Labute approximate surface area is 90.4 Å². The van der Waals surface area contributed by atoms with Crippen LogP contribution in [-0.2, 0) is 9.53 Å². The molecule has 4 nitrogen and oxygen atoms in total. The van der Waals surface area contributed by atoms with Crippen LogP contribution in [0, 0.1) is 12.3 Å². The maximum atomic E-state index is 11.1. The molecule has 0 aromatic heterocycles. The molecule has 84 valence electrons. The van der Waals surface area contributed by atoms with Crippen molar-refractivity contribution >= 4 is 11.9 Å². The Hall–Kier alpha value is -1.50. The fraction of sp³-hybridized carbons (Fsp3) is 0.636. The number of rotatable bonds is 4. The maximum absolute atomic E-state index is 11.1. The highest BCUT2D eigenvalue weighted by molar-refractivity contribution is 5.94. The summed E-state index contributed by atoms with van der Waals surface area (Å²) in [7, 11) is 0. The lowest BCUT2D eigenvalue weighted by Gasteiger charge is -2.19. The van der Waals surface area contributed by atoms with Crippen LogP contribution < -0.4 is 5.32 Å². The monoisotopic (exact) mass is 211 g/mol. The van der Waals surface area contributed by atoms with E-state index in [0.717, 1.165) is 0 Å². The van der Waals surface area contributed by atoms with Gasteiger partial charge in [0.2, 0.25) is 5.78 Å². The van der Waals surface area contributed by atoms with E-state index in [1.165, 1.54) is 0 Å². The molecule has 0 heterocycles. The van der Waals surface area contributed by atoms with Gasteiger partial charge < -0.3 is 10.1 Å². The van der Waals surface area contributed by atoms with E-state index < -0.39 is 11.7 Å². The fourth-order valence-corrected chi connectivity index (χ4v) is 0.826. The minimum atomic E-state index is -0.501. The van der Waals surface area contributed by atoms with Gasteiger partial charge in [-0.15, -0.1) is 6.42 Å². The van der Waals surface area contributed by atoms with Gasteiger partial charge in [0.15, 0.2) is 0 Å². The summed E-state index contributed by atoms with van der Waals surface area (Å²) in [5, 5.41) is 2.54. The van der Waals surface area contributed by atoms with Crippen molar-refractivity contribution in [3.8, 4) is 12.3 Å². The molecule has 0 rings (SSSR count). The molecule has 15 heavy (non-hydrogen) atoms. The average molecular weight is 211 g/mol. The van der Waals surface area contributed by atoms with Gasteiger partial charge in [-0.1, -0.05) is 0 Å². The number of ether oxygens (including phenoxy) is 1. The standard InChI is InChI=1S/C11H17NO3/c1-5-9(13)7-6-8-12-10(14)15-11(2,3)4/h1H,6-8H2,2-4H3,(H,12,14). The van der Waals surface area contributed by atoms with E-state index in [9.17, 15) is 9.59 Å². The van der Waals surface area contributed by atoms with Gasteiger partial charge in [0.1, 0.15) is 5.60 Å². The smallest absolute Gasteiger partial charge is 0.407 e. The Morgan fingerprint density at radius 3 is 2.47 bits per heavy atom. The Balaban J connectivity index is 3.57. The molecule has 0 aromatic carbocycles. The van der Waals surface area contributed by atoms with Crippen molar-refractivity contribution in [2.75, 3.05) is 6.54 Å². The zero-order valence-electron chi connectivity index (χ0n) is 9.42. The van der Waals surface area contributed by atoms with E-state index >= 15 is 0 Å². The molecule has 0 bridgehead atoms. The summed E-state index contributed by atoms with van der Waals surface area (Å²) in [4.78, 5) is 21.8. The third-order valence-corrected chi connectivity index (χ3v) is 1.41. The van der Waals surface area contributed by atoms with Gasteiger partial charge in [-0.25, -0.2) is 4.79 Å². The molecule has 0 aliphatic carbocycles. The molecule has 0 fully saturated rings.